The maximum atomic E-state index is 12.0. The van der Waals surface area contributed by atoms with Gasteiger partial charge in [-0.2, -0.15) is 0 Å². The average Bonchev–Trinajstić information content (AvgIpc) is 2.50. The third kappa shape index (κ3) is 5.83. The van der Waals surface area contributed by atoms with Crippen molar-refractivity contribution in [3.63, 3.8) is 0 Å². The highest BCUT2D eigenvalue weighted by atomic mass is 35.5. The molecule has 0 aliphatic rings. The Morgan fingerprint density at radius 1 is 1.27 bits per heavy atom. The van der Waals surface area contributed by atoms with E-state index in [2.05, 4.69) is 12.2 Å². The van der Waals surface area contributed by atoms with Crippen LogP contribution in [0.5, 0.6) is 0 Å². The smallest absolute Gasteiger partial charge is 0.241 e. The van der Waals surface area contributed by atoms with E-state index >= 15 is 0 Å². The van der Waals surface area contributed by atoms with Crippen LogP contribution >= 0.6 is 24.0 Å². The van der Waals surface area contributed by atoms with Crippen LogP contribution in [0.15, 0.2) is 24.3 Å². The van der Waals surface area contributed by atoms with E-state index in [0.717, 1.165) is 5.56 Å². The van der Waals surface area contributed by atoms with Crippen molar-refractivity contribution in [2.75, 3.05) is 20.1 Å². The normalized spacial score (nSPS) is 12.8. The minimum absolute atomic E-state index is 0. The van der Waals surface area contributed by atoms with Gasteiger partial charge in [0.2, 0.25) is 11.8 Å². The van der Waals surface area contributed by atoms with E-state index in [1.165, 1.54) is 0 Å². The van der Waals surface area contributed by atoms with Gasteiger partial charge in [0.25, 0.3) is 0 Å². The lowest BCUT2D eigenvalue weighted by Crippen LogP contribution is -2.45. The van der Waals surface area contributed by atoms with E-state index in [0.29, 0.717) is 5.02 Å². The Morgan fingerprint density at radius 3 is 2.32 bits per heavy atom. The molecule has 1 aromatic carbocycles. The van der Waals surface area contributed by atoms with Crippen molar-refractivity contribution in [2.24, 2.45) is 5.73 Å². The predicted molar refractivity (Wildman–Crippen MR) is 91.4 cm³/mol. The molecule has 124 valence electrons. The molecule has 22 heavy (non-hydrogen) atoms. The van der Waals surface area contributed by atoms with Gasteiger partial charge < -0.3 is 16.0 Å². The number of nitrogens with two attached hydrogens (primary N) is 1. The highest BCUT2D eigenvalue weighted by molar-refractivity contribution is 6.30. The fourth-order valence-corrected chi connectivity index (χ4v) is 2.10. The summed E-state index contributed by atoms with van der Waals surface area (Å²) in [6.45, 7) is 3.87. The number of likely N-dealkylation sites (N-methyl/N-ethyl adjacent to an activating group) is 1. The zero-order valence-electron chi connectivity index (χ0n) is 13.0. The van der Waals surface area contributed by atoms with Gasteiger partial charge in [0.1, 0.15) is 0 Å². The average molecular weight is 348 g/mol. The van der Waals surface area contributed by atoms with Crippen LogP contribution < -0.4 is 11.1 Å². The largest absolute Gasteiger partial charge is 0.346 e. The van der Waals surface area contributed by atoms with Gasteiger partial charge >= 0.3 is 0 Å². The Balaban J connectivity index is 0.00000441. The monoisotopic (exact) mass is 347 g/mol. The van der Waals surface area contributed by atoms with Gasteiger partial charge in [-0.25, -0.2) is 0 Å². The third-order valence-corrected chi connectivity index (χ3v) is 4.00. The Morgan fingerprint density at radius 2 is 1.82 bits per heavy atom. The van der Waals surface area contributed by atoms with Crippen LogP contribution in [0.25, 0.3) is 0 Å². The Kier molecular flexibility index (Phi) is 9.09. The number of carbonyl (C=O) groups is 2. The molecule has 1 aromatic rings. The van der Waals surface area contributed by atoms with Gasteiger partial charge in [-0.3, -0.25) is 9.59 Å². The summed E-state index contributed by atoms with van der Waals surface area (Å²) in [4.78, 5) is 24.8. The van der Waals surface area contributed by atoms with Crippen LogP contribution in [-0.4, -0.2) is 42.9 Å². The number of nitrogens with one attached hydrogen (secondary N) is 1. The van der Waals surface area contributed by atoms with E-state index in [9.17, 15) is 9.59 Å². The summed E-state index contributed by atoms with van der Waals surface area (Å²) in [5.41, 5.74) is 6.29. The van der Waals surface area contributed by atoms with E-state index in [4.69, 9.17) is 17.3 Å². The molecule has 0 bridgehead atoms. The molecule has 2 unspecified atom stereocenters. The molecule has 0 radical (unpaired) electrons. The molecule has 0 aliphatic heterocycles. The maximum absolute atomic E-state index is 12.0. The summed E-state index contributed by atoms with van der Waals surface area (Å²) in [6, 6.07) is 7.58. The van der Waals surface area contributed by atoms with Crippen LogP contribution in [0.4, 0.5) is 0 Å². The lowest BCUT2D eigenvalue weighted by molar-refractivity contribution is -0.133. The zero-order valence-corrected chi connectivity index (χ0v) is 14.6. The fourth-order valence-electron chi connectivity index (χ4n) is 1.98. The van der Waals surface area contributed by atoms with Crippen molar-refractivity contribution >= 4 is 35.8 Å². The minimum atomic E-state index is -0.338. The molecule has 3 N–H and O–H groups in total. The maximum Gasteiger partial charge on any atom is 0.241 e. The Bertz CT molecular complexity index is 494. The fraction of sp³-hybridized carbons (Fsp3) is 0.467. The highest BCUT2D eigenvalue weighted by Crippen LogP contribution is 2.23. The molecule has 0 spiro atoms. The van der Waals surface area contributed by atoms with Crippen molar-refractivity contribution in [3.05, 3.63) is 34.9 Å². The minimum Gasteiger partial charge on any atom is -0.346 e. The Labute approximate surface area is 142 Å². The summed E-state index contributed by atoms with van der Waals surface area (Å²) >= 11 is 5.88. The molecule has 0 saturated heterocycles. The van der Waals surface area contributed by atoms with Crippen molar-refractivity contribution in [3.8, 4) is 0 Å². The summed E-state index contributed by atoms with van der Waals surface area (Å²) in [6.07, 6.45) is 0. The topological polar surface area (TPSA) is 75.4 Å². The van der Waals surface area contributed by atoms with Crippen LogP contribution in [0.2, 0.25) is 5.02 Å². The number of carbonyl (C=O) groups excluding carboxylic acids is 2. The summed E-state index contributed by atoms with van der Waals surface area (Å²) in [7, 11) is 1.73. The molecule has 0 saturated carbocycles. The molecule has 7 heteroatoms. The number of amides is 2. The molecule has 1 rings (SSSR count). The second-order valence-corrected chi connectivity index (χ2v) is 5.50. The van der Waals surface area contributed by atoms with Gasteiger partial charge in [-0.15, -0.1) is 12.4 Å². The number of benzene rings is 1. The zero-order chi connectivity index (χ0) is 16.0. The molecule has 0 aliphatic carbocycles. The van der Waals surface area contributed by atoms with E-state index in [1.807, 2.05) is 31.2 Å². The second-order valence-electron chi connectivity index (χ2n) is 5.07. The number of hydrogen-bond acceptors (Lipinski definition) is 3. The van der Waals surface area contributed by atoms with Gasteiger partial charge in [-0.1, -0.05) is 30.7 Å². The highest BCUT2D eigenvalue weighted by Gasteiger charge is 2.22. The van der Waals surface area contributed by atoms with Gasteiger partial charge in [0.05, 0.1) is 13.1 Å². The predicted octanol–water partition coefficient (Wildman–Crippen LogP) is 1.79. The van der Waals surface area contributed by atoms with Crippen molar-refractivity contribution in [1.29, 1.82) is 0 Å². The van der Waals surface area contributed by atoms with Crippen molar-refractivity contribution in [2.45, 2.75) is 25.8 Å². The van der Waals surface area contributed by atoms with Gasteiger partial charge in [0.15, 0.2) is 0 Å². The first kappa shape index (κ1) is 20.7. The number of hydrogen-bond donors (Lipinski definition) is 2. The first-order chi connectivity index (χ1) is 9.86. The van der Waals surface area contributed by atoms with Crippen LogP contribution in [0, 0.1) is 0 Å². The summed E-state index contributed by atoms with van der Waals surface area (Å²) < 4.78 is 0. The summed E-state index contributed by atoms with van der Waals surface area (Å²) in [5, 5.41) is 3.17. The first-order valence-electron chi connectivity index (χ1n) is 6.84. The third-order valence-electron chi connectivity index (χ3n) is 3.75. The molecule has 2 amide bonds. The van der Waals surface area contributed by atoms with Crippen molar-refractivity contribution in [1.82, 2.24) is 10.2 Å². The molecule has 5 nitrogen and oxygen atoms in total. The first-order valence-corrected chi connectivity index (χ1v) is 7.22. The summed E-state index contributed by atoms with van der Waals surface area (Å²) in [5.74, 6) is -0.332. The second kappa shape index (κ2) is 9.66. The molecule has 2 atom stereocenters. The van der Waals surface area contributed by atoms with Crippen LogP contribution in [-0.2, 0) is 9.59 Å². The SMILES string of the molecule is CC(c1ccc(Cl)cc1)C(C)N(C)C(=O)CNC(=O)CN.Cl. The quantitative estimate of drug-likeness (QED) is 0.823. The van der Waals surface area contributed by atoms with E-state index in [1.54, 1.807) is 11.9 Å². The number of rotatable bonds is 6. The van der Waals surface area contributed by atoms with E-state index in [-0.39, 0.29) is 49.3 Å². The van der Waals surface area contributed by atoms with Crippen LogP contribution in [0.3, 0.4) is 0 Å². The van der Waals surface area contributed by atoms with Gasteiger partial charge in [0, 0.05) is 24.0 Å². The lowest BCUT2D eigenvalue weighted by atomic mass is 9.93. The standard InChI is InChI=1S/C15H22ClN3O2.ClH/c1-10(12-4-6-13(16)7-5-12)11(2)19(3)15(21)9-18-14(20)8-17;/h4-7,10-11H,8-9,17H2,1-3H3,(H,18,20);1H. The number of nitrogens with zero attached hydrogens (tertiary/aromatic N) is 1. The Hall–Kier alpha value is -1.30. The van der Waals surface area contributed by atoms with Crippen molar-refractivity contribution < 1.29 is 9.59 Å². The molecular weight excluding hydrogens is 325 g/mol. The lowest BCUT2D eigenvalue weighted by Gasteiger charge is -2.30. The molecular formula is C15H23Cl2N3O2. The molecule has 0 heterocycles. The van der Waals surface area contributed by atoms with Crippen LogP contribution in [0.1, 0.15) is 25.3 Å². The number of halogens is 2. The van der Waals surface area contributed by atoms with Gasteiger partial charge in [-0.05, 0) is 24.6 Å². The van der Waals surface area contributed by atoms with E-state index < -0.39 is 0 Å². The molecule has 0 fully saturated rings. The molecule has 0 aromatic heterocycles.